The molecule has 0 saturated carbocycles. The summed E-state index contributed by atoms with van der Waals surface area (Å²) >= 11 is 4.23. The maximum Gasteiger partial charge on any atom is 0.464 e. The van der Waals surface area contributed by atoms with Crippen LogP contribution in [0.2, 0.25) is 5.02 Å². The molecule has 0 fully saturated rings. The predicted molar refractivity (Wildman–Crippen MR) is 61.6 cm³/mol. The molecule has 0 aliphatic heterocycles. The minimum Gasteiger partial charge on any atom is -0.258 e. The number of halogens is 6. The summed E-state index contributed by atoms with van der Waals surface area (Å²) in [5, 5.41) is 14.9. The maximum atomic E-state index is 12.8. The zero-order valence-corrected chi connectivity index (χ0v) is 10.9. The Labute approximate surface area is 121 Å². The standard InChI is InChI=1S/C8H2ClF5N2O4S/c9-6-4(15(17)18)1-3(2-5(6)16(19)20)21-8(13,14)7(10,11)12/h1-2H. The van der Waals surface area contributed by atoms with Gasteiger partial charge in [0.1, 0.15) is 0 Å². The van der Waals surface area contributed by atoms with E-state index in [0.29, 0.717) is 12.1 Å². The molecule has 0 aromatic heterocycles. The Kier molecular flexibility index (Phi) is 4.63. The van der Waals surface area contributed by atoms with Gasteiger partial charge in [-0.3, -0.25) is 20.2 Å². The van der Waals surface area contributed by atoms with E-state index < -0.39 is 54.3 Å². The van der Waals surface area contributed by atoms with E-state index >= 15 is 0 Å². The number of nitro benzene ring substituents is 2. The van der Waals surface area contributed by atoms with Crippen molar-refractivity contribution < 1.29 is 31.8 Å². The molecule has 116 valence electrons. The highest BCUT2D eigenvalue weighted by molar-refractivity contribution is 8.00. The summed E-state index contributed by atoms with van der Waals surface area (Å²) < 4.78 is 61.9. The van der Waals surface area contributed by atoms with Gasteiger partial charge >= 0.3 is 11.4 Å². The SMILES string of the molecule is O=[N+]([O-])c1cc(SC(F)(F)C(F)(F)F)cc([N+](=O)[O-])c1Cl. The van der Waals surface area contributed by atoms with E-state index in [1.807, 2.05) is 0 Å². The molecule has 1 aromatic rings. The topological polar surface area (TPSA) is 86.3 Å². The van der Waals surface area contributed by atoms with Gasteiger partial charge < -0.3 is 0 Å². The first-order chi connectivity index (χ1) is 9.36. The van der Waals surface area contributed by atoms with Gasteiger partial charge in [-0.1, -0.05) is 11.6 Å². The molecule has 21 heavy (non-hydrogen) atoms. The van der Waals surface area contributed by atoms with Crippen LogP contribution in [0.5, 0.6) is 0 Å². The van der Waals surface area contributed by atoms with E-state index in [2.05, 4.69) is 0 Å². The summed E-state index contributed by atoms with van der Waals surface area (Å²) in [6, 6.07) is 0.610. The van der Waals surface area contributed by atoms with Crippen molar-refractivity contribution in [1.29, 1.82) is 0 Å². The number of hydrogen-bond donors (Lipinski definition) is 0. The Balaban J connectivity index is 3.39. The first-order valence-electron chi connectivity index (χ1n) is 4.62. The van der Waals surface area contributed by atoms with Gasteiger partial charge in [-0.15, -0.1) is 0 Å². The van der Waals surface area contributed by atoms with Crippen molar-refractivity contribution in [2.45, 2.75) is 16.3 Å². The molecule has 0 N–H and O–H groups in total. The average molecular weight is 353 g/mol. The fourth-order valence-corrected chi connectivity index (χ4v) is 2.10. The monoisotopic (exact) mass is 352 g/mol. The van der Waals surface area contributed by atoms with Gasteiger partial charge in [-0.2, -0.15) is 22.0 Å². The van der Waals surface area contributed by atoms with Crippen molar-refractivity contribution in [3.8, 4) is 0 Å². The largest absolute Gasteiger partial charge is 0.464 e. The number of rotatable bonds is 4. The van der Waals surface area contributed by atoms with Crippen molar-refractivity contribution in [3.05, 3.63) is 37.4 Å². The third-order valence-corrected chi connectivity index (χ3v) is 3.32. The van der Waals surface area contributed by atoms with Gasteiger partial charge in [0.2, 0.25) is 0 Å². The Morgan fingerprint density at radius 2 is 1.38 bits per heavy atom. The van der Waals surface area contributed by atoms with E-state index in [0.717, 1.165) is 0 Å². The molecule has 13 heteroatoms. The molecule has 0 bridgehead atoms. The molecule has 1 aromatic carbocycles. The molecule has 0 unspecified atom stereocenters. The maximum absolute atomic E-state index is 12.8. The molecule has 1 rings (SSSR count). The van der Waals surface area contributed by atoms with Crippen LogP contribution >= 0.6 is 23.4 Å². The van der Waals surface area contributed by atoms with E-state index in [9.17, 15) is 42.2 Å². The Morgan fingerprint density at radius 3 is 1.67 bits per heavy atom. The van der Waals surface area contributed by atoms with Crippen molar-refractivity contribution in [2.24, 2.45) is 0 Å². The molecular formula is C8H2ClF5N2O4S. The number of hydrogen-bond acceptors (Lipinski definition) is 5. The lowest BCUT2D eigenvalue weighted by molar-refractivity contribution is -0.394. The zero-order chi connectivity index (χ0) is 16.6. The van der Waals surface area contributed by atoms with Gasteiger partial charge in [0.25, 0.3) is 11.4 Å². The summed E-state index contributed by atoms with van der Waals surface area (Å²) in [6.07, 6.45) is -5.93. The first kappa shape index (κ1) is 17.4. The lowest BCUT2D eigenvalue weighted by Crippen LogP contribution is -2.32. The highest BCUT2D eigenvalue weighted by Gasteiger charge is 2.58. The molecule has 0 amide bonds. The minimum absolute atomic E-state index is 0.305. The Hall–Kier alpha value is -1.69. The summed E-state index contributed by atoms with van der Waals surface area (Å²) in [6.45, 7) is 0. The van der Waals surface area contributed by atoms with Gasteiger partial charge in [-0.25, -0.2) is 0 Å². The molecule has 0 atom stereocenters. The van der Waals surface area contributed by atoms with Crippen LogP contribution in [-0.4, -0.2) is 21.3 Å². The van der Waals surface area contributed by atoms with Gasteiger partial charge in [0, 0.05) is 17.0 Å². The van der Waals surface area contributed by atoms with Crippen LogP contribution in [0, 0.1) is 20.2 Å². The van der Waals surface area contributed by atoms with Crippen molar-refractivity contribution in [1.82, 2.24) is 0 Å². The molecule has 0 aliphatic rings. The lowest BCUT2D eigenvalue weighted by Gasteiger charge is -2.18. The van der Waals surface area contributed by atoms with Crippen LogP contribution in [0.3, 0.4) is 0 Å². The van der Waals surface area contributed by atoms with E-state index in [1.54, 1.807) is 0 Å². The average Bonchev–Trinajstić information content (AvgIpc) is 2.28. The molecular weight excluding hydrogens is 351 g/mol. The molecule has 0 aliphatic carbocycles. The predicted octanol–water partition coefficient (Wildman–Crippen LogP) is 4.40. The van der Waals surface area contributed by atoms with Gasteiger partial charge in [0.05, 0.1) is 9.85 Å². The Bertz CT molecular complexity index is 574. The normalized spacial score (nSPS) is 12.3. The van der Waals surface area contributed by atoms with E-state index in [1.165, 1.54) is 0 Å². The minimum atomic E-state index is -5.93. The summed E-state index contributed by atoms with van der Waals surface area (Å²) in [5.41, 5.74) is -2.29. The van der Waals surface area contributed by atoms with Crippen LogP contribution in [-0.2, 0) is 0 Å². The number of nitrogens with zero attached hydrogens (tertiary/aromatic N) is 2. The van der Waals surface area contributed by atoms with Gasteiger partial charge in [0.15, 0.2) is 5.02 Å². The molecule has 0 saturated heterocycles. The van der Waals surface area contributed by atoms with E-state index in [4.69, 9.17) is 11.6 Å². The number of nitro groups is 2. The number of alkyl halides is 5. The van der Waals surface area contributed by atoms with Crippen molar-refractivity contribution in [2.75, 3.05) is 0 Å². The van der Waals surface area contributed by atoms with Crippen LogP contribution in [0.25, 0.3) is 0 Å². The van der Waals surface area contributed by atoms with E-state index in [-0.39, 0.29) is 0 Å². The lowest BCUT2D eigenvalue weighted by atomic mass is 10.3. The van der Waals surface area contributed by atoms with Crippen LogP contribution < -0.4 is 0 Å². The highest BCUT2D eigenvalue weighted by Crippen LogP contribution is 2.49. The number of benzene rings is 1. The Morgan fingerprint density at radius 1 is 1.00 bits per heavy atom. The van der Waals surface area contributed by atoms with Crippen molar-refractivity contribution in [3.63, 3.8) is 0 Å². The van der Waals surface area contributed by atoms with Crippen LogP contribution in [0.1, 0.15) is 0 Å². The second-order valence-corrected chi connectivity index (χ2v) is 4.97. The summed E-state index contributed by atoms with van der Waals surface area (Å²) in [4.78, 5) is 17.7. The second-order valence-electron chi connectivity index (χ2n) is 3.41. The van der Waals surface area contributed by atoms with Crippen LogP contribution in [0.4, 0.5) is 33.3 Å². The van der Waals surface area contributed by atoms with Crippen molar-refractivity contribution >= 4 is 34.7 Å². The molecule has 6 nitrogen and oxygen atoms in total. The molecule has 0 spiro atoms. The fourth-order valence-electron chi connectivity index (χ4n) is 1.10. The second kappa shape index (κ2) is 5.60. The third kappa shape index (κ3) is 3.69. The summed E-state index contributed by atoms with van der Waals surface area (Å²) in [7, 11) is 0. The highest BCUT2D eigenvalue weighted by atomic mass is 35.5. The fraction of sp³-hybridized carbons (Fsp3) is 0.250. The quantitative estimate of drug-likeness (QED) is 0.347. The van der Waals surface area contributed by atoms with Crippen LogP contribution in [0.15, 0.2) is 17.0 Å². The molecule has 0 heterocycles. The summed E-state index contributed by atoms with van der Waals surface area (Å²) in [5.74, 6) is 0. The van der Waals surface area contributed by atoms with Gasteiger partial charge in [-0.05, 0) is 11.8 Å². The smallest absolute Gasteiger partial charge is 0.258 e. The number of thioether (sulfide) groups is 1. The first-order valence-corrected chi connectivity index (χ1v) is 5.82. The third-order valence-electron chi connectivity index (χ3n) is 1.98. The molecule has 0 radical (unpaired) electrons. The zero-order valence-electron chi connectivity index (χ0n) is 9.36.